The molecule has 2 aromatic heterocycles. The standard InChI is InChI=1S/C22H20N4O/c1-14-4-6-16(7-5-14)22(27)12-19-11-18-10-17(8-9-20(18)25-24-19)21-13-23-15(2)26(21)3/h4-11,13H,12H2,1-3H3/i1D3. The molecular weight excluding hydrogens is 336 g/mol. The number of aryl methyl sites for hydroxylation is 2. The molecule has 0 bridgehead atoms. The molecule has 0 fully saturated rings. The normalized spacial score (nSPS) is 13.2. The lowest BCUT2D eigenvalue weighted by atomic mass is 10.0. The van der Waals surface area contributed by atoms with E-state index in [0.717, 1.165) is 28.0 Å². The van der Waals surface area contributed by atoms with E-state index in [0.29, 0.717) is 11.3 Å². The molecule has 0 atom stereocenters. The van der Waals surface area contributed by atoms with Crippen LogP contribution in [0.15, 0.2) is 54.7 Å². The summed E-state index contributed by atoms with van der Waals surface area (Å²) in [7, 11) is 1.97. The molecule has 2 aromatic carbocycles. The van der Waals surface area contributed by atoms with Crippen molar-refractivity contribution in [3.63, 3.8) is 0 Å². The lowest BCUT2D eigenvalue weighted by molar-refractivity contribution is 0.0991. The second kappa shape index (κ2) is 6.76. The maximum Gasteiger partial charge on any atom is 0.168 e. The first-order valence-electron chi connectivity index (χ1n) is 10.1. The van der Waals surface area contributed by atoms with Crippen molar-refractivity contribution in [1.29, 1.82) is 0 Å². The number of ketones is 1. The molecule has 0 radical (unpaired) electrons. The van der Waals surface area contributed by atoms with Gasteiger partial charge in [0.15, 0.2) is 5.78 Å². The van der Waals surface area contributed by atoms with Crippen molar-refractivity contribution in [3.05, 3.63) is 77.4 Å². The summed E-state index contributed by atoms with van der Waals surface area (Å²) < 4.78 is 24.3. The van der Waals surface area contributed by atoms with Gasteiger partial charge in [0.1, 0.15) is 5.82 Å². The second-order valence-electron chi connectivity index (χ2n) is 6.54. The van der Waals surface area contributed by atoms with Gasteiger partial charge in [-0.15, -0.1) is 0 Å². The van der Waals surface area contributed by atoms with Crippen molar-refractivity contribution in [2.24, 2.45) is 7.05 Å². The first kappa shape index (κ1) is 13.8. The monoisotopic (exact) mass is 359 g/mol. The number of carbonyl (C=O) groups excluding carboxylic acids is 1. The average Bonchev–Trinajstić information content (AvgIpc) is 3.05. The number of aromatic nitrogens is 4. The molecule has 4 rings (SSSR count). The highest BCUT2D eigenvalue weighted by molar-refractivity contribution is 5.97. The maximum absolute atomic E-state index is 12.6. The minimum absolute atomic E-state index is 0.0884. The first-order chi connectivity index (χ1) is 14.2. The Hall–Kier alpha value is -3.34. The highest BCUT2D eigenvalue weighted by Gasteiger charge is 2.11. The molecule has 0 aliphatic heterocycles. The number of imidazole rings is 1. The molecule has 0 N–H and O–H groups in total. The van der Waals surface area contributed by atoms with Crippen molar-refractivity contribution < 1.29 is 8.91 Å². The highest BCUT2D eigenvalue weighted by Crippen LogP contribution is 2.24. The Morgan fingerprint density at radius 2 is 1.93 bits per heavy atom. The number of benzene rings is 2. The smallest absolute Gasteiger partial charge is 0.168 e. The fraction of sp³-hybridized carbons (Fsp3) is 0.182. The van der Waals surface area contributed by atoms with Gasteiger partial charge in [0.25, 0.3) is 0 Å². The van der Waals surface area contributed by atoms with E-state index in [1.165, 1.54) is 12.1 Å². The molecule has 0 aliphatic rings. The summed E-state index contributed by atoms with van der Waals surface area (Å²) in [6.07, 6.45) is 1.92. The SMILES string of the molecule is [2H]C([2H])([2H])c1ccc(C(=O)Cc2cc3cc(-c4cnc(C)n4C)ccc3nn2)cc1. The van der Waals surface area contributed by atoms with Crippen LogP contribution < -0.4 is 0 Å². The van der Waals surface area contributed by atoms with Crippen LogP contribution in [-0.2, 0) is 13.5 Å². The van der Waals surface area contributed by atoms with E-state index < -0.39 is 6.85 Å². The van der Waals surface area contributed by atoms with E-state index in [2.05, 4.69) is 15.2 Å². The van der Waals surface area contributed by atoms with Crippen LogP contribution in [0.4, 0.5) is 0 Å². The maximum atomic E-state index is 12.6. The Morgan fingerprint density at radius 1 is 1.11 bits per heavy atom. The van der Waals surface area contributed by atoms with E-state index in [1.807, 2.05) is 49.0 Å². The van der Waals surface area contributed by atoms with Crippen LogP contribution in [0.2, 0.25) is 0 Å². The van der Waals surface area contributed by atoms with Gasteiger partial charge in [0.2, 0.25) is 0 Å². The molecule has 5 heteroatoms. The van der Waals surface area contributed by atoms with Crippen LogP contribution >= 0.6 is 0 Å². The predicted octanol–water partition coefficient (Wildman–Crippen LogP) is 4.07. The zero-order valence-corrected chi connectivity index (χ0v) is 15.1. The van der Waals surface area contributed by atoms with Crippen molar-refractivity contribution >= 4 is 16.7 Å². The summed E-state index contributed by atoms with van der Waals surface area (Å²) in [5, 5.41) is 9.30. The summed E-state index contributed by atoms with van der Waals surface area (Å²) in [6, 6.07) is 13.8. The van der Waals surface area contributed by atoms with Crippen LogP contribution in [0, 0.1) is 13.8 Å². The Bertz CT molecular complexity index is 1240. The lowest BCUT2D eigenvalue weighted by Crippen LogP contribution is -2.06. The Balaban J connectivity index is 1.60. The highest BCUT2D eigenvalue weighted by atomic mass is 16.1. The molecule has 0 spiro atoms. The van der Waals surface area contributed by atoms with Crippen molar-refractivity contribution in [1.82, 2.24) is 19.7 Å². The fourth-order valence-electron chi connectivity index (χ4n) is 3.03. The number of hydrogen-bond acceptors (Lipinski definition) is 4. The first-order valence-corrected chi connectivity index (χ1v) is 8.61. The summed E-state index contributed by atoms with van der Waals surface area (Å²) >= 11 is 0. The third kappa shape index (κ3) is 3.36. The van der Waals surface area contributed by atoms with E-state index in [1.54, 1.807) is 12.1 Å². The number of Topliss-reactive ketones (excluding diaryl/α,β-unsaturated/α-hetero) is 1. The molecule has 2 heterocycles. The van der Waals surface area contributed by atoms with Gasteiger partial charge >= 0.3 is 0 Å². The van der Waals surface area contributed by atoms with E-state index in [-0.39, 0.29) is 17.8 Å². The zero-order chi connectivity index (χ0) is 21.5. The molecule has 27 heavy (non-hydrogen) atoms. The van der Waals surface area contributed by atoms with E-state index >= 15 is 0 Å². The van der Waals surface area contributed by atoms with Gasteiger partial charge in [-0.05, 0) is 32.0 Å². The third-order valence-corrected chi connectivity index (χ3v) is 4.70. The summed E-state index contributed by atoms with van der Waals surface area (Å²) in [6.45, 7) is -0.236. The molecule has 5 nitrogen and oxygen atoms in total. The Labute approximate surface area is 161 Å². The topological polar surface area (TPSA) is 60.7 Å². The zero-order valence-electron chi connectivity index (χ0n) is 18.1. The molecule has 0 unspecified atom stereocenters. The van der Waals surface area contributed by atoms with Crippen molar-refractivity contribution in [2.45, 2.75) is 20.2 Å². The molecular formula is C22H20N4O. The van der Waals surface area contributed by atoms with Crippen LogP contribution in [0.1, 0.15) is 31.6 Å². The van der Waals surface area contributed by atoms with Crippen LogP contribution in [0.25, 0.3) is 22.2 Å². The molecule has 0 amide bonds. The molecule has 0 saturated heterocycles. The van der Waals surface area contributed by atoms with Crippen LogP contribution in [-0.4, -0.2) is 25.5 Å². The fourth-order valence-corrected chi connectivity index (χ4v) is 3.03. The van der Waals surface area contributed by atoms with Gasteiger partial charge in [0.05, 0.1) is 29.5 Å². The predicted molar refractivity (Wildman–Crippen MR) is 106 cm³/mol. The van der Waals surface area contributed by atoms with Gasteiger partial charge < -0.3 is 4.57 Å². The lowest BCUT2D eigenvalue weighted by Gasteiger charge is -2.06. The largest absolute Gasteiger partial charge is 0.331 e. The molecule has 134 valence electrons. The van der Waals surface area contributed by atoms with Gasteiger partial charge in [0, 0.05) is 27.7 Å². The van der Waals surface area contributed by atoms with E-state index in [4.69, 9.17) is 4.11 Å². The van der Waals surface area contributed by atoms with Gasteiger partial charge in [-0.25, -0.2) is 4.98 Å². The summed E-state index contributed by atoms with van der Waals surface area (Å²) in [5.74, 6) is 0.785. The van der Waals surface area contributed by atoms with E-state index in [9.17, 15) is 4.79 Å². The quantitative estimate of drug-likeness (QED) is 0.515. The molecule has 0 saturated carbocycles. The Morgan fingerprint density at radius 3 is 2.63 bits per heavy atom. The summed E-state index contributed by atoms with van der Waals surface area (Å²) in [5.41, 5.74) is 3.97. The van der Waals surface area contributed by atoms with Crippen LogP contribution in [0.3, 0.4) is 0 Å². The van der Waals surface area contributed by atoms with Crippen molar-refractivity contribution in [3.8, 4) is 11.3 Å². The van der Waals surface area contributed by atoms with Gasteiger partial charge in [-0.3, -0.25) is 4.79 Å². The minimum Gasteiger partial charge on any atom is -0.331 e. The second-order valence-corrected chi connectivity index (χ2v) is 6.54. The number of carbonyl (C=O) groups is 1. The minimum atomic E-state index is -2.19. The average molecular weight is 359 g/mol. The third-order valence-electron chi connectivity index (χ3n) is 4.70. The summed E-state index contributed by atoms with van der Waals surface area (Å²) in [4.78, 5) is 17.0. The number of rotatable bonds is 4. The number of nitrogens with zero attached hydrogens (tertiary/aromatic N) is 4. The van der Waals surface area contributed by atoms with Gasteiger partial charge in [-0.2, -0.15) is 10.2 Å². The van der Waals surface area contributed by atoms with Gasteiger partial charge in [-0.1, -0.05) is 35.9 Å². The Kier molecular flexibility index (Phi) is 3.46. The molecule has 4 aromatic rings. The van der Waals surface area contributed by atoms with Crippen LogP contribution in [0.5, 0.6) is 0 Å². The number of hydrogen-bond donors (Lipinski definition) is 0. The van der Waals surface area contributed by atoms with Crippen molar-refractivity contribution in [2.75, 3.05) is 0 Å². The molecule has 0 aliphatic carbocycles. The number of fused-ring (bicyclic) bond motifs is 1.